The topological polar surface area (TPSA) is 40.5 Å². The summed E-state index contributed by atoms with van der Waals surface area (Å²) >= 11 is 0. The average Bonchev–Trinajstić information content (AvgIpc) is 2.80. The molecule has 1 aliphatic rings. The van der Waals surface area contributed by atoms with Crippen LogP contribution in [0.25, 0.3) is 11.1 Å². The summed E-state index contributed by atoms with van der Waals surface area (Å²) in [5.74, 6) is 0.930. The summed E-state index contributed by atoms with van der Waals surface area (Å²) in [4.78, 5) is 0. The number of hydrogen-bond donors (Lipinski definition) is 2. The van der Waals surface area contributed by atoms with Crippen LogP contribution in [-0.2, 0) is 0 Å². The highest BCUT2D eigenvalue weighted by Gasteiger charge is 2.30. The van der Waals surface area contributed by atoms with Gasteiger partial charge in [0, 0.05) is 5.92 Å². The normalized spacial score (nSPS) is 17.1. The van der Waals surface area contributed by atoms with Crippen LogP contribution in [0.4, 0.5) is 0 Å². The van der Waals surface area contributed by atoms with Crippen molar-refractivity contribution in [1.29, 1.82) is 0 Å². The first-order valence-electron chi connectivity index (χ1n) is 7.51. The lowest BCUT2D eigenvalue weighted by atomic mass is 9.88. The lowest BCUT2D eigenvalue weighted by Crippen LogP contribution is -1.97. The van der Waals surface area contributed by atoms with Gasteiger partial charge in [-0.05, 0) is 64.9 Å². The van der Waals surface area contributed by atoms with Crippen LogP contribution in [0.2, 0.25) is 0 Å². The summed E-state index contributed by atoms with van der Waals surface area (Å²) in [5.41, 5.74) is 6.32. The number of aromatic hydroxyl groups is 2. The Hall–Kier alpha value is -2.22. The Labute approximate surface area is 125 Å². The maximum atomic E-state index is 9.81. The van der Waals surface area contributed by atoms with E-state index >= 15 is 0 Å². The molecule has 0 radical (unpaired) electrons. The van der Waals surface area contributed by atoms with Gasteiger partial charge in [-0.2, -0.15) is 0 Å². The highest BCUT2D eigenvalue weighted by molar-refractivity contribution is 5.99. The Kier molecular flexibility index (Phi) is 3.46. The van der Waals surface area contributed by atoms with E-state index in [1.807, 2.05) is 24.3 Å². The van der Waals surface area contributed by atoms with Crippen LogP contribution in [0.15, 0.2) is 42.5 Å². The maximum Gasteiger partial charge on any atom is 0.115 e. The van der Waals surface area contributed by atoms with Crippen molar-refractivity contribution in [3.05, 3.63) is 59.2 Å². The fourth-order valence-corrected chi connectivity index (χ4v) is 3.45. The van der Waals surface area contributed by atoms with Crippen LogP contribution in [-0.4, -0.2) is 10.2 Å². The molecule has 0 fully saturated rings. The van der Waals surface area contributed by atoms with Crippen LogP contribution in [0.1, 0.15) is 49.3 Å². The number of hydrogen-bond acceptors (Lipinski definition) is 2. The van der Waals surface area contributed by atoms with Gasteiger partial charge in [-0.1, -0.05) is 32.0 Å². The van der Waals surface area contributed by atoms with E-state index in [1.165, 1.54) is 22.3 Å². The molecule has 0 saturated carbocycles. The SMILES string of the molecule is CCC1=C(c2ccc(O)cc2)[C@H](CC)c2cc(O)ccc21. The molecule has 3 rings (SSSR count). The van der Waals surface area contributed by atoms with Gasteiger partial charge in [0.1, 0.15) is 11.5 Å². The molecule has 0 saturated heterocycles. The summed E-state index contributed by atoms with van der Waals surface area (Å²) in [5, 5.41) is 19.3. The molecule has 2 N–H and O–H groups in total. The third-order valence-electron chi connectivity index (χ3n) is 4.35. The van der Waals surface area contributed by atoms with Crippen molar-refractivity contribution in [3.63, 3.8) is 0 Å². The average molecular weight is 280 g/mol. The van der Waals surface area contributed by atoms with E-state index in [-0.39, 0.29) is 0 Å². The Morgan fingerprint density at radius 1 is 0.905 bits per heavy atom. The van der Waals surface area contributed by atoms with E-state index in [0.29, 0.717) is 17.4 Å². The zero-order chi connectivity index (χ0) is 15.0. The molecule has 2 aromatic carbocycles. The molecule has 1 atom stereocenters. The van der Waals surface area contributed by atoms with Crippen molar-refractivity contribution in [2.45, 2.75) is 32.6 Å². The predicted octanol–water partition coefficient (Wildman–Crippen LogP) is 4.93. The first-order chi connectivity index (χ1) is 10.2. The van der Waals surface area contributed by atoms with Crippen LogP contribution in [0, 0.1) is 0 Å². The summed E-state index contributed by atoms with van der Waals surface area (Å²) in [6.45, 7) is 4.35. The van der Waals surface area contributed by atoms with Gasteiger partial charge in [0.15, 0.2) is 0 Å². The zero-order valence-electron chi connectivity index (χ0n) is 12.4. The zero-order valence-corrected chi connectivity index (χ0v) is 12.4. The summed E-state index contributed by atoms with van der Waals surface area (Å²) in [6.07, 6.45) is 1.96. The van der Waals surface area contributed by atoms with Gasteiger partial charge in [-0.15, -0.1) is 0 Å². The van der Waals surface area contributed by atoms with E-state index in [4.69, 9.17) is 0 Å². The molecule has 2 nitrogen and oxygen atoms in total. The number of allylic oxidation sites excluding steroid dienone is 2. The first kappa shape index (κ1) is 13.7. The third kappa shape index (κ3) is 2.21. The molecule has 0 heterocycles. The van der Waals surface area contributed by atoms with E-state index in [1.54, 1.807) is 18.2 Å². The fraction of sp³-hybridized carbons (Fsp3) is 0.263. The molecule has 0 bridgehead atoms. The lowest BCUT2D eigenvalue weighted by Gasteiger charge is -2.16. The van der Waals surface area contributed by atoms with Crippen LogP contribution in [0.3, 0.4) is 0 Å². The van der Waals surface area contributed by atoms with Crippen molar-refractivity contribution in [2.24, 2.45) is 0 Å². The fourth-order valence-electron chi connectivity index (χ4n) is 3.45. The Balaban J connectivity index is 2.20. The van der Waals surface area contributed by atoms with Crippen molar-refractivity contribution in [2.75, 3.05) is 0 Å². The van der Waals surface area contributed by atoms with Gasteiger partial charge < -0.3 is 10.2 Å². The lowest BCUT2D eigenvalue weighted by molar-refractivity contribution is 0.474. The first-order valence-corrected chi connectivity index (χ1v) is 7.51. The third-order valence-corrected chi connectivity index (χ3v) is 4.35. The number of rotatable bonds is 3. The number of benzene rings is 2. The Morgan fingerprint density at radius 3 is 2.19 bits per heavy atom. The summed E-state index contributed by atoms with van der Waals surface area (Å²) < 4.78 is 0. The molecule has 108 valence electrons. The van der Waals surface area contributed by atoms with Gasteiger partial charge in [-0.3, -0.25) is 0 Å². The van der Waals surface area contributed by atoms with Crippen molar-refractivity contribution < 1.29 is 10.2 Å². The minimum Gasteiger partial charge on any atom is -0.508 e. The summed E-state index contributed by atoms with van der Waals surface area (Å²) in [7, 11) is 0. The minimum absolute atomic E-state index is 0.290. The molecular formula is C19H20O2. The van der Waals surface area contributed by atoms with Gasteiger partial charge in [0.2, 0.25) is 0 Å². The largest absolute Gasteiger partial charge is 0.508 e. The second-order valence-corrected chi connectivity index (χ2v) is 5.53. The van der Waals surface area contributed by atoms with Gasteiger partial charge in [-0.25, -0.2) is 0 Å². The minimum atomic E-state index is 0.290. The molecule has 21 heavy (non-hydrogen) atoms. The Morgan fingerprint density at radius 2 is 1.57 bits per heavy atom. The molecule has 1 aliphatic carbocycles. The van der Waals surface area contributed by atoms with Crippen molar-refractivity contribution >= 4 is 11.1 Å². The van der Waals surface area contributed by atoms with E-state index in [9.17, 15) is 10.2 Å². The molecule has 2 heteroatoms. The van der Waals surface area contributed by atoms with Crippen molar-refractivity contribution in [3.8, 4) is 11.5 Å². The van der Waals surface area contributed by atoms with Gasteiger partial charge >= 0.3 is 0 Å². The number of fused-ring (bicyclic) bond motifs is 1. The maximum absolute atomic E-state index is 9.81. The smallest absolute Gasteiger partial charge is 0.115 e. The quantitative estimate of drug-likeness (QED) is 0.837. The van der Waals surface area contributed by atoms with E-state index < -0.39 is 0 Å². The molecular weight excluding hydrogens is 260 g/mol. The number of phenolic OH excluding ortho intramolecular Hbond substituents is 2. The molecule has 0 spiro atoms. The number of phenols is 2. The van der Waals surface area contributed by atoms with Gasteiger partial charge in [0.05, 0.1) is 0 Å². The molecule has 2 aromatic rings. The molecule has 0 aromatic heterocycles. The highest BCUT2D eigenvalue weighted by atomic mass is 16.3. The second kappa shape index (κ2) is 5.28. The highest BCUT2D eigenvalue weighted by Crippen LogP contribution is 2.50. The predicted molar refractivity (Wildman–Crippen MR) is 86.4 cm³/mol. The summed E-state index contributed by atoms with van der Waals surface area (Å²) in [6, 6.07) is 13.1. The van der Waals surface area contributed by atoms with E-state index in [2.05, 4.69) is 13.8 Å². The van der Waals surface area contributed by atoms with E-state index in [0.717, 1.165) is 18.4 Å². The molecule has 0 amide bonds. The van der Waals surface area contributed by atoms with Gasteiger partial charge in [0.25, 0.3) is 0 Å². The van der Waals surface area contributed by atoms with Crippen LogP contribution >= 0.6 is 0 Å². The van der Waals surface area contributed by atoms with Crippen LogP contribution in [0.5, 0.6) is 11.5 Å². The molecule has 0 aliphatic heterocycles. The standard InChI is InChI=1S/C19H20O2/c1-3-15-17-10-9-14(21)11-18(17)16(4-2)19(15)12-5-7-13(20)8-6-12/h5-11,16,20-21H,3-4H2,1-2H3/t16-/m1/s1. The second-order valence-electron chi connectivity index (χ2n) is 5.53. The monoisotopic (exact) mass is 280 g/mol. The van der Waals surface area contributed by atoms with Crippen LogP contribution < -0.4 is 0 Å². The Bertz CT molecular complexity index is 696. The van der Waals surface area contributed by atoms with Crippen molar-refractivity contribution in [1.82, 2.24) is 0 Å². The molecule has 0 unspecified atom stereocenters.